The van der Waals surface area contributed by atoms with E-state index in [4.69, 9.17) is 4.74 Å². The number of allylic oxidation sites excluding steroid dienone is 2. The van der Waals surface area contributed by atoms with E-state index in [2.05, 4.69) is 0 Å². The Kier molecular flexibility index (Phi) is 4.30. The summed E-state index contributed by atoms with van der Waals surface area (Å²) in [5, 5.41) is 0.402. The van der Waals surface area contributed by atoms with Gasteiger partial charge in [-0.15, -0.1) is 0 Å². The van der Waals surface area contributed by atoms with Crippen LogP contribution in [0.25, 0.3) is 16.5 Å². The van der Waals surface area contributed by atoms with Gasteiger partial charge in [0.25, 0.3) is 0 Å². The normalized spacial score (nSPS) is 30.6. The van der Waals surface area contributed by atoms with Gasteiger partial charge in [0.05, 0.1) is 16.7 Å². The summed E-state index contributed by atoms with van der Waals surface area (Å²) in [6.45, 7) is 1.61. The molecule has 1 aliphatic heterocycles. The van der Waals surface area contributed by atoms with Crippen molar-refractivity contribution in [3.63, 3.8) is 0 Å². The van der Waals surface area contributed by atoms with Crippen molar-refractivity contribution in [2.24, 2.45) is 30.7 Å². The van der Waals surface area contributed by atoms with Gasteiger partial charge >= 0.3 is 18.1 Å². The van der Waals surface area contributed by atoms with Crippen molar-refractivity contribution < 1.29 is 27.5 Å². The fourth-order valence-corrected chi connectivity index (χ4v) is 7.22. The van der Waals surface area contributed by atoms with E-state index in [1.807, 2.05) is 0 Å². The summed E-state index contributed by atoms with van der Waals surface area (Å²) >= 11 is 0. The van der Waals surface area contributed by atoms with Crippen LogP contribution in [-0.4, -0.2) is 22.7 Å². The number of halogens is 3. The average molecular weight is 455 g/mol. The first-order valence-electron chi connectivity index (χ1n) is 11.5. The quantitative estimate of drug-likeness (QED) is 0.318. The lowest BCUT2D eigenvalue weighted by molar-refractivity contribution is -0.150. The van der Waals surface area contributed by atoms with Crippen molar-refractivity contribution in [3.05, 3.63) is 52.2 Å². The monoisotopic (exact) mass is 455 g/mol. The Hall–Kier alpha value is -2.83. The summed E-state index contributed by atoms with van der Waals surface area (Å²) < 4.78 is 50.9. The minimum absolute atomic E-state index is 0.0517. The molecule has 0 spiro atoms. The Labute approximate surface area is 189 Å². The minimum Gasteiger partial charge on any atom is -0.386 e. The number of ether oxygens (including phenoxy) is 1. The third kappa shape index (κ3) is 2.90. The number of hydrogen-bond donors (Lipinski definition) is 0. The summed E-state index contributed by atoms with van der Waals surface area (Å²) in [4.78, 5) is 25.8. The maximum atomic E-state index is 14.8. The number of nitrogens with zero attached hydrogens (tertiary/aromatic N) is 1. The van der Waals surface area contributed by atoms with Gasteiger partial charge in [-0.25, -0.2) is 9.59 Å². The third-order valence-electron chi connectivity index (χ3n) is 8.33. The van der Waals surface area contributed by atoms with Crippen LogP contribution in [0.2, 0.25) is 0 Å². The fraction of sp³-hybridized carbons (Fsp3) is 0.462. The van der Waals surface area contributed by atoms with Gasteiger partial charge in [0, 0.05) is 29.2 Å². The van der Waals surface area contributed by atoms with Gasteiger partial charge in [0.15, 0.2) is 0 Å². The van der Waals surface area contributed by atoms with Crippen LogP contribution in [0, 0.1) is 30.6 Å². The lowest BCUT2D eigenvalue weighted by atomic mass is 9.53. The third-order valence-corrected chi connectivity index (χ3v) is 8.33. The van der Waals surface area contributed by atoms with Gasteiger partial charge in [-0.05, 0) is 74.3 Å². The van der Waals surface area contributed by atoms with E-state index in [-0.39, 0.29) is 23.0 Å². The molecule has 1 saturated heterocycles. The van der Waals surface area contributed by atoms with Gasteiger partial charge in [-0.2, -0.15) is 13.2 Å². The molecule has 4 aliphatic carbocycles. The molecule has 0 unspecified atom stereocenters. The molecular formula is C26H24F3NO3. The summed E-state index contributed by atoms with van der Waals surface area (Å²) in [6.07, 6.45) is -0.134. The Morgan fingerprint density at radius 3 is 2.18 bits per heavy atom. The Balaban J connectivity index is 1.68. The maximum Gasteiger partial charge on any atom is 0.417 e. The number of aryl methyl sites for hydroxylation is 1. The summed E-state index contributed by atoms with van der Waals surface area (Å²) in [6, 6.07) is 6.82. The van der Waals surface area contributed by atoms with Crippen LogP contribution in [0.3, 0.4) is 0 Å². The van der Waals surface area contributed by atoms with Crippen molar-refractivity contribution in [2.45, 2.75) is 45.2 Å². The first-order chi connectivity index (χ1) is 15.6. The molecule has 4 bridgehead atoms. The van der Waals surface area contributed by atoms with Gasteiger partial charge < -0.3 is 9.30 Å². The second-order valence-electron chi connectivity index (χ2n) is 10.1. The van der Waals surface area contributed by atoms with Crippen molar-refractivity contribution in [1.29, 1.82) is 0 Å². The minimum atomic E-state index is -4.84. The van der Waals surface area contributed by atoms with E-state index in [1.165, 1.54) is 6.42 Å². The zero-order valence-electron chi connectivity index (χ0n) is 18.5. The number of alkyl halides is 3. The molecule has 5 fully saturated rings. The smallest absolute Gasteiger partial charge is 0.386 e. The lowest BCUT2D eigenvalue weighted by Gasteiger charge is -2.51. The number of aromatic nitrogens is 1. The molecule has 33 heavy (non-hydrogen) atoms. The number of benzene rings is 1. The van der Waals surface area contributed by atoms with Crippen molar-refractivity contribution in [1.82, 2.24) is 4.57 Å². The molecule has 172 valence electrons. The molecule has 2 aromatic rings. The maximum absolute atomic E-state index is 14.8. The number of esters is 2. The van der Waals surface area contributed by atoms with Crippen LogP contribution in [-0.2, 0) is 21.4 Å². The highest BCUT2D eigenvalue weighted by Crippen LogP contribution is 2.59. The second-order valence-corrected chi connectivity index (χ2v) is 10.1. The SMILES string of the molecule is Cc1c(/C(=C2/C(=O)OC(=O)C2=C2C3CC4CC(C3)CC2C4)C(F)(F)F)c2ccccc2n1C. The molecule has 0 N–H and O–H groups in total. The van der Waals surface area contributed by atoms with Gasteiger partial charge in [-0.3, -0.25) is 0 Å². The molecule has 4 saturated carbocycles. The Morgan fingerprint density at radius 2 is 1.58 bits per heavy atom. The molecule has 7 heteroatoms. The van der Waals surface area contributed by atoms with Crippen LogP contribution in [0.5, 0.6) is 0 Å². The lowest BCUT2D eigenvalue weighted by Crippen LogP contribution is -2.41. The van der Waals surface area contributed by atoms with E-state index in [9.17, 15) is 22.8 Å². The molecule has 1 aromatic heterocycles. The standard InChI is InChI=1S/C26H24F3NO3/c1-12-19(17-5-3-4-6-18(17)30(12)2)23(26(27,28)29)22-21(24(31)33-25(22)32)20-15-8-13-7-14(10-15)11-16(20)9-13/h3-6,13-16H,7-11H2,1-2H3/b21-20?,23-22-. The topological polar surface area (TPSA) is 48.3 Å². The number of cyclic esters (lactones) is 2. The van der Waals surface area contributed by atoms with E-state index < -0.39 is 29.3 Å². The van der Waals surface area contributed by atoms with Gasteiger partial charge in [0.1, 0.15) is 0 Å². The number of hydrogen-bond acceptors (Lipinski definition) is 3. The van der Waals surface area contributed by atoms with E-state index in [0.29, 0.717) is 28.4 Å². The van der Waals surface area contributed by atoms with Crippen molar-refractivity contribution in [2.75, 3.05) is 0 Å². The molecular weight excluding hydrogens is 431 g/mol. The Morgan fingerprint density at radius 1 is 0.970 bits per heavy atom. The Bertz CT molecular complexity index is 1260. The number of para-hydroxylation sites is 1. The predicted octanol–water partition coefficient (Wildman–Crippen LogP) is 5.64. The summed E-state index contributed by atoms with van der Waals surface area (Å²) in [5.41, 5.74) is -0.0322. The van der Waals surface area contributed by atoms with Crippen LogP contribution in [0.1, 0.15) is 43.4 Å². The number of rotatable bonds is 1. The van der Waals surface area contributed by atoms with Crippen LogP contribution < -0.4 is 0 Å². The molecule has 5 aliphatic rings. The largest absolute Gasteiger partial charge is 0.417 e. The fourth-order valence-electron chi connectivity index (χ4n) is 7.22. The van der Waals surface area contributed by atoms with E-state index in [0.717, 1.165) is 31.3 Å². The second kappa shape index (κ2) is 6.84. The van der Waals surface area contributed by atoms with E-state index in [1.54, 1.807) is 42.8 Å². The van der Waals surface area contributed by atoms with Crippen LogP contribution >= 0.6 is 0 Å². The highest BCUT2D eigenvalue weighted by atomic mass is 19.4. The number of carbonyl (C=O) groups excluding carboxylic acids is 2. The predicted molar refractivity (Wildman–Crippen MR) is 116 cm³/mol. The van der Waals surface area contributed by atoms with Crippen LogP contribution in [0.4, 0.5) is 13.2 Å². The number of fused-ring (bicyclic) bond motifs is 1. The molecule has 1 aromatic carbocycles. The molecule has 0 atom stereocenters. The summed E-state index contributed by atoms with van der Waals surface area (Å²) in [5.74, 6) is -0.840. The highest BCUT2D eigenvalue weighted by molar-refractivity contribution is 6.23. The summed E-state index contributed by atoms with van der Waals surface area (Å²) in [7, 11) is 1.70. The number of carbonyl (C=O) groups is 2. The molecule has 7 rings (SSSR count). The first kappa shape index (κ1) is 20.8. The zero-order chi connectivity index (χ0) is 23.2. The van der Waals surface area contributed by atoms with Crippen molar-refractivity contribution in [3.8, 4) is 0 Å². The van der Waals surface area contributed by atoms with Crippen LogP contribution in [0.15, 0.2) is 41.0 Å². The van der Waals surface area contributed by atoms with Gasteiger partial charge in [0.2, 0.25) is 0 Å². The molecule has 0 radical (unpaired) electrons. The average Bonchev–Trinajstić information content (AvgIpc) is 3.15. The van der Waals surface area contributed by atoms with E-state index >= 15 is 0 Å². The molecule has 4 nitrogen and oxygen atoms in total. The van der Waals surface area contributed by atoms with Crippen molar-refractivity contribution >= 4 is 28.4 Å². The highest BCUT2D eigenvalue weighted by Gasteiger charge is 2.53. The zero-order valence-corrected chi connectivity index (χ0v) is 18.5. The molecule has 2 heterocycles. The first-order valence-corrected chi connectivity index (χ1v) is 11.5. The van der Waals surface area contributed by atoms with Gasteiger partial charge in [-0.1, -0.05) is 18.2 Å². The molecule has 0 amide bonds.